The van der Waals surface area contributed by atoms with Crippen LogP contribution in [0.5, 0.6) is 0 Å². The van der Waals surface area contributed by atoms with Gasteiger partial charge in [0.1, 0.15) is 5.82 Å². The van der Waals surface area contributed by atoms with Crippen molar-refractivity contribution in [3.8, 4) is 11.1 Å². The van der Waals surface area contributed by atoms with E-state index >= 15 is 0 Å². The molecular formula is C22H24FNO. The second-order valence-electron chi connectivity index (χ2n) is 6.55. The number of benzene rings is 1. The average Bonchev–Trinajstić information content (AvgIpc) is 2.95. The largest absolute Gasteiger partial charge is 0.390 e. The van der Waals surface area contributed by atoms with Gasteiger partial charge in [0.2, 0.25) is 0 Å². The summed E-state index contributed by atoms with van der Waals surface area (Å²) in [5.74, 6) is -0.255. The third kappa shape index (κ3) is 3.67. The van der Waals surface area contributed by atoms with Gasteiger partial charge in [-0.1, -0.05) is 42.5 Å². The molecule has 0 aliphatic heterocycles. The molecule has 0 saturated carbocycles. The second-order valence-corrected chi connectivity index (χ2v) is 6.55. The number of halogens is 1. The Morgan fingerprint density at radius 2 is 1.88 bits per heavy atom. The first-order valence-electron chi connectivity index (χ1n) is 8.76. The van der Waals surface area contributed by atoms with E-state index in [1.165, 1.54) is 12.1 Å². The van der Waals surface area contributed by atoms with E-state index in [4.69, 9.17) is 0 Å². The van der Waals surface area contributed by atoms with Crippen LogP contribution >= 0.6 is 0 Å². The summed E-state index contributed by atoms with van der Waals surface area (Å²) >= 11 is 0. The van der Waals surface area contributed by atoms with Crippen molar-refractivity contribution in [1.29, 1.82) is 0 Å². The summed E-state index contributed by atoms with van der Waals surface area (Å²) in [4.78, 5) is 0. The maximum absolute atomic E-state index is 13.4. The zero-order valence-electron chi connectivity index (χ0n) is 14.7. The first-order valence-corrected chi connectivity index (χ1v) is 8.76. The smallest absolute Gasteiger partial charge is 0.123 e. The van der Waals surface area contributed by atoms with Crippen LogP contribution < -0.4 is 0 Å². The second kappa shape index (κ2) is 7.66. The Kier molecular flexibility index (Phi) is 5.34. The van der Waals surface area contributed by atoms with Crippen molar-refractivity contribution in [3.63, 3.8) is 0 Å². The minimum absolute atomic E-state index is 0.0538. The molecule has 1 aliphatic carbocycles. The minimum Gasteiger partial charge on any atom is -0.390 e. The molecule has 0 saturated heterocycles. The molecule has 0 atom stereocenters. The van der Waals surface area contributed by atoms with Crippen LogP contribution in [0.2, 0.25) is 0 Å². The summed E-state index contributed by atoms with van der Waals surface area (Å²) in [6.45, 7) is 4.15. The zero-order valence-corrected chi connectivity index (χ0v) is 14.7. The molecule has 25 heavy (non-hydrogen) atoms. The van der Waals surface area contributed by atoms with Gasteiger partial charge in [0.05, 0.1) is 12.3 Å². The van der Waals surface area contributed by atoms with Gasteiger partial charge >= 0.3 is 0 Å². The van der Waals surface area contributed by atoms with Crippen molar-refractivity contribution >= 4 is 5.57 Å². The third-order valence-corrected chi connectivity index (χ3v) is 4.51. The Morgan fingerprint density at radius 1 is 1.12 bits per heavy atom. The molecule has 1 aromatic heterocycles. The molecule has 0 radical (unpaired) electrons. The predicted molar refractivity (Wildman–Crippen MR) is 102 cm³/mol. The van der Waals surface area contributed by atoms with Crippen molar-refractivity contribution in [3.05, 3.63) is 77.9 Å². The van der Waals surface area contributed by atoms with E-state index in [9.17, 15) is 9.50 Å². The summed E-state index contributed by atoms with van der Waals surface area (Å²) in [6, 6.07) is 6.74. The Labute approximate surface area is 148 Å². The number of nitrogens with zero attached hydrogens (tertiary/aromatic N) is 1. The van der Waals surface area contributed by atoms with E-state index in [1.54, 1.807) is 12.1 Å². The lowest BCUT2D eigenvalue weighted by Crippen LogP contribution is -2.04. The zero-order chi connectivity index (χ0) is 17.8. The van der Waals surface area contributed by atoms with Gasteiger partial charge in [-0.3, -0.25) is 0 Å². The van der Waals surface area contributed by atoms with Crippen molar-refractivity contribution in [1.82, 2.24) is 4.57 Å². The van der Waals surface area contributed by atoms with Gasteiger partial charge in [0, 0.05) is 23.4 Å². The van der Waals surface area contributed by atoms with Crippen LogP contribution in [0.4, 0.5) is 4.39 Å². The molecule has 0 unspecified atom stereocenters. The van der Waals surface area contributed by atoms with Crippen LogP contribution in [0.25, 0.3) is 16.7 Å². The summed E-state index contributed by atoms with van der Waals surface area (Å²) in [6.07, 6.45) is 14.7. The summed E-state index contributed by atoms with van der Waals surface area (Å²) < 4.78 is 15.5. The SMILES string of the molecule is CC(C)n1cc(C2=C\CC/C=C/C=C\2)c(-c2ccc(F)cc2)c1CO. The van der Waals surface area contributed by atoms with E-state index in [0.29, 0.717) is 0 Å². The van der Waals surface area contributed by atoms with Gasteiger partial charge in [-0.05, 0) is 50.0 Å². The minimum atomic E-state index is -0.255. The van der Waals surface area contributed by atoms with Gasteiger partial charge in [0.25, 0.3) is 0 Å². The molecule has 0 bridgehead atoms. The van der Waals surface area contributed by atoms with E-state index in [-0.39, 0.29) is 18.5 Å². The highest BCUT2D eigenvalue weighted by Crippen LogP contribution is 2.37. The highest BCUT2D eigenvalue weighted by Gasteiger charge is 2.20. The van der Waals surface area contributed by atoms with E-state index < -0.39 is 0 Å². The Hall–Kier alpha value is -2.39. The lowest BCUT2D eigenvalue weighted by Gasteiger charge is -2.13. The number of allylic oxidation sites excluding steroid dienone is 6. The molecule has 3 rings (SSSR count). The fraction of sp³-hybridized carbons (Fsp3) is 0.273. The molecule has 1 aliphatic rings. The highest BCUT2D eigenvalue weighted by atomic mass is 19.1. The van der Waals surface area contributed by atoms with Crippen LogP contribution in [0.1, 0.15) is 44.0 Å². The number of aromatic nitrogens is 1. The Bertz CT molecular complexity index is 822. The molecule has 1 heterocycles. The first kappa shape index (κ1) is 17.4. The maximum Gasteiger partial charge on any atom is 0.123 e. The van der Waals surface area contributed by atoms with Crippen molar-refractivity contribution < 1.29 is 9.50 Å². The molecule has 0 spiro atoms. The molecule has 2 nitrogen and oxygen atoms in total. The first-order chi connectivity index (χ1) is 12.1. The summed E-state index contributed by atoms with van der Waals surface area (Å²) in [7, 11) is 0. The van der Waals surface area contributed by atoms with E-state index in [0.717, 1.165) is 40.8 Å². The van der Waals surface area contributed by atoms with E-state index in [1.807, 2.05) is 6.08 Å². The van der Waals surface area contributed by atoms with Crippen LogP contribution in [0, 0.1) is 5.82 Å². The van der Waals surface area contributed by atoms with Crippen molar-refractivity contribution in [2.24, 2.45) is 0 Å². The number of aliphatic hydroxyl groups excluding tert-OH is 1. The predicted octanol–water partition coefficient (Wildman–Crippen LogP) is 5.66. The van der Waals surface area contributed by atoms with Gasteiger partial charge < -0.3 is 9.67 Å². The van der Waals surface area contributed by atoms with Crippen LogP contribution in [-0.2, 0) is 6.61 Å². The summed E-state index contributed by atoms with van der Waals surface area (Å²) in [5, 5.41) is 10.0. The quantitative estimate of drug-likeness (QED) is 0.765. The fourth-order valence-corrected chi connectivity index (χ4v) is 3.28. The van der Waals surface area contributed by atoms with Crippen LogP contribution in [-0.4, -0.2) is 9.67 Å². The Morgan fingerprint density at radius 3 is 2.56 bits per heavy atom. The number of rotatable bonds is 4. The molecule has 3 heteroatoms. The van der Waals surface area contributed by atoms with Crippen molar-refractivity contribution in [2.45, 2.75) is 39.3 Å². The normalized spacial score (nSPS) is 19.2. The summed E-state index contributed by atoms with van der Waals surface area (Å²) in [5.41, 5.74) is 4.99. The molecule has 0 fully saturated rings. The average molecular weight is 337 g/mol. The van der Waals surface area contributed by atoms with Gasteiger partial charge in [-0.25, -0.2) is 4.39 Å². The molecule has 1 N–H and O–H groups in total. The lowest BCUT2D eigenvalue weighted by molar-refractivity contribution is 0.268. The monoisotopic (exact) mass is 337 g/mol. The number of hydrogen-bond acceptors (Lipinski definition) is 1. The van der Waals surface area contributed by atoms with Gasteiger partial charge in [-0.15, -0.1) is 0 Å². The number of aliphatic hydroxyl groups is 1. The Balaban J connectivity index is 2.23. The van der Waals surface area contributed by atoms with Crippen molar-refractivity contribution in [2.75, 3.05) is 0 Å². The standard InChI is InChI=1S/C22H24FNO/c1-16(2)24-14-20(17-8-6-4-3-5-7-9-17)22(21(24)15-25)18-10-12-19(23)13-11-18/h3-4,6,8-14,16,25H,5,7,15H2,1-2H3/b4-3+,8-6-,17-9-. The topological polar surface area (TPSA) is 25.2 Å². The molecule has 1 aromatic carbocycles. The van der Waals surface area contributed by atoms with E-state index in [2.05, 4.69) is 48.9 Å². The molecular weight excluding hydrogens is 313 g/mol. The third-order valence-electron chi connectivity index (χ3n) is 4.51. The lowest BCUT2D eigenvalue weighted by atomic mass is 9.95. The fourth-order valence-electron chi connectivity index (χ4n) is 3.28. The van der Waals surface area contributed by atoms with Crippen LogP contribution in [0.3, 0.4) is 0 Å². The van der Waals surface area contributed by atoms with Crippen LogP contribution in [0.15, 0.2) is 60.8 Å². The molecule has 0 amide bonds. The number of hydrogen-bond donors (Lipinski definition) is 1. The highest BCUT2D eigenvalue weighted by molar-refractivity contribution is 5.87. The van der Waals surface area contributed by atoms with Gasteiger partial charge in [0.15, 0.2) is 0 Å². The molecule has 2 aromatic rings. The maximum atomic E-state index is 13.4. The molecule has 130 valence electrons. The van der Waals surface area contributed by atoms with Gasteiger partial charge in [-0.2, -0.15) is 0 Å².